The van der Waals surface area contributed by atoms with Crippen molar-refractivity contribution in [2.45, 2.75) is 30.7 Å². The Balaban J connectivity index is 1.65. The zero-order valence-electron chi connectivity index (χ0n) is 16.2. The molecule has 6 nitrogen and oxygen atoms in total. The standard InChI is InChI=1S/C20H28ClN3O3S/c1-27-13-18(25)24-17(14-28-20(24)15-7-3-4-8-16(15)21)19(26)22-9-12-23-10-5-2-6-11-23/h3-4,7-8,17,20H,2,5-6,9-14H2,1H3,(H,22,26). The predicted octanol–water partition coefficient (Wildman–Crippen LogP) is 2.53. The molecule has 0 radical (unpaired) electrons. The molecule has 2 amide bonds. The fraction of sp³-hybridized carbons (Fsp3) is 0.600. The molecule has 0 aliphatic carbocycles. The van der Waals surface area contributed by atoms with Gasteiger partial charge in [0.05, 0.1) is 0 Å². The maximum Gasteiger partial charge on any atom is 0.250 e. The van der Waals surface area contributed by atoms with Gasteiger partial charge in [0.2, 0.25) is 11.8 Å². The second-order valence-electron chi connectivity index (χ2n) is 7.15. The van der Waals surface area contributed by atoms with Crippen LogP contribution >= 0.6 is 23.4 Å². The lowest BCUT2D eigenvalue weighted by Crippen LogP contribution is -2.50. The Hall–Kier alpha value is -1.28. The summed E-state index contributed by atoms with van der Waals surface area (Å²) < 4.78 is 5.05. The molecule has 3 rings (SSSR count). The van der Waals surface area contributed by atoms with Crippen LogP contribution < -0.4 is 5.32 Å². The monoisotopic (exact) mass is 425 g/mol. The molecular weight excluding hydrogens is 398 g/mol. The molecule has 0 bridgehead atoms. The third-order valence-electron chi connectivity index (χ3n) is 5.21. The Bertz CT molecular complexity index is 684. The Kier molecular flexibility index (Phi) is 8.02. The van der Waals surface area contributed by atoms with Crippen LogP contribution in [0.25, 0.3) is 0 Å². The molecule has 2 aliphatic heterocycles. The maximum absolute atomic E-state index is 12.9. The summed E-state index contributed by atoms with van der Waals surface area (Å²) in [6.45, 7) is 3.60. The minimum absolute atomic E-state index is 0.0565. The van der Waals surface area contributed by atoms with Crippen LogP contribution in [-0.4, -0.2) is 73.3 Å². The van der Waals surface area contributed by atoms with Gasteiger partial charge < -0.3 is 19.9 Å². The first kappa shape index (κ1) is 21.4. The van der Waals surface area contributed by atoms with Crippen molar-refractivity contribution in [3.63, 3.8) is 0 Å². The van der Waals surface area contributed by atoms with Crippen molar-refractivity contribution in [1.29, 1.82) is 0 Å². The number of rotatable bonds is 7. The number of methoxy groups -OCH3 is 1. The summed E-state index contributed by atoms with van der Waals surface area (Å²) in [5, 5.41) is 3.34. The summed E-state index contributed by atoms with van der Waals surface area (Å²) in [7, 11) is 1.49. The second-order valence-corrected chi connectivity index (χ2v) is 8.67. The van der Waals surface area contributed by atoms with Gasteiger partial charge in [-0.2, -0.15) is 0 Å². The van der Waals surface area contributed by atoms with Crippen LogP contribution in [0.5, 0.6) is 0 Å². The van der Waals surface area contributed by atoms with Crippen molar-refractivity contribution in [3.8, 4) is 0 Å². The van der Waals surface area contributed by atoms with Gasteiger partial charge in [-0.3, -0.25) is 9.59 Å². The molecule has 2 fully saturated rings. The molecule has 0 aromatic heterocycles. The molecule has 2 heterocycles. The van der Waals surface area contributed by atoms with Gasteiger partial charge >= 0.3 is 0 Å². The Labute approximate surface area is 175 Å². The second kappa shape index (κ2) is 10.5. The Morgan fingerprint density at radius 3 is 2.71 bits per heavy atom. The van der Waals surface area contributed by atoms with E-state index in [1.165, 1.54) is 26.4 Å². The maximum atomic E-state index is 12.9. The first-order valence-electron chi connectivity index (χ1n) is 9.78. The summed E-state index contributed by atoms with van der Waals surface area (Å²) in [6.07, 6.45) is 3.75. The van der Waals surface area contributed by atoms with E-state index in [1.54, 1.807) is 16.7 Å². The van der Waals surface area contributed by atoms with Crippen LogP contribution in [-0.2, 0) is 14.3 Å². The van der Waals surface area contributed by atoms with Gasteiger partial charge in [0.1, 0.15) is 18.0 Å². The summed E-state index contributed by atoms with van der Waals surface area (Å²) in [4.78, 5) is 29.6. The highest BCUT2D eigenvalue weighted by molar-refractivity contribution is 7.99. The molecular formula is C20H28ClN3O3S. The minimum atomic E-state index is -0.518. The number of benzene rings is 1. The molecule has 2 atom stereocenters. The molecule has 2 unspecified atom stereocenters. The van der Waals surface area contributed by atoms with Crippen molar-refractivity contribution >= 4 is 35.2 Å². The number of nitrogens with zero attached hydrogens (tertiary/aromatic N) is 2. The minimum Gasteiger partial charge on any atom is -0.375 e. The number of piperidine rings is 1. The van der Waals surface area contributed by atoms with Crippen molar-refractivity contribution in [2.24, 2.45) is 0 Å². The van der Waals surface area contributed by atoms with Gasteiger partial charge in [0.15, 0.2) is 0 Å². The number of nitrogens with one attached hydrogen (secondary N) is 1. The van der Waals surface area contributed by atoms with Gasteiger partial charge in [-0.15, -0.1) is 11.8 Å². The van der Waals surface area contributed by atoms with Crippen LogP contribution in [0.4, 0.5) is 0 Å². The average Bonchev–Trinajstić information content (AvgIpc) is 3.14. The van der Waals surface area contributed by atoms with E-state index < -0.39 is 6.04 Å². The smallest absolute Gasteiger partial charge is 0.250 e. The number of carbonyl (C=O) groups is 2. The number of hydrogen-bond donors (Lipinski definition) is 1. The molecule has 2 saturated heterocycles. The summed E-state index contributed by atoms with van der Waals surface area (Å²) in [5.74, 6) is 0.234. The molecule has 1 N–H and O–H groups in total. The summed E-state index contributed by atoms with van der Waals surface area (Å²) in [6, 6.07) is 6.95. The highest BCUT2D eigenvalue weighted by atomic mass is 35.5. The third-order valence-corrected chi connectivity index (χ3v) is 6.86. The van der Waals surface area contributed by atoms with Crippen LogP contribution in [0.15, 0.2) is 24.3 Å². The fourth-order valence-electron chi connectivity index (χ4n) is 3.76. The fourth-order valence-corrected chi connectivity index (χ4v) is 5.55. The summed E-state index contributed by atoms with van der Waals surface area (Å²) in [5.41, 5.74) is 0.849. The van der Waals surface area contributed by atoms with Crippen molar-refractivity contribution < 1.29 is 14.3 Å². The largest absolute Gasteiger partial charge is 0.375 e. The lowest BCUT2D eigenvalue weighted by molar-refractivity contribution is -0.142. The zero-order chi connectivity index (χ0) is 19.9. The van der Waals surface area contributed by atoms with Gasteiger partial charge in [-0.1, -0.05) is 36.2 Å². The number of halogens is 1. The highest BCUT2D eigenvalue weighted by Crippen LogP contribution is 2.43. The zero-order valence-corrected chi connectivity index (χ0v) is 17.8. The predicted molar refractivity (Wildman–Crippen MR) is 112 cm³/mol. The molecule has 1 aromatic carbocycles. The van der Waals surface area contributed by atoms with E-state index in [0.29, 0.717) is 17.3 Å². The first-order valence-corrected chi connectivity index (χ1v) is 11.2. The lowest BCUT2D eigenvalue weighted by Gasteiger charge is -2.30. The molecule has 28 heavy (non-hydrogen) atoms. The molecule has 2 aliphatic rings. The number of hydrogen-bond acceptors (Lipinski definition) is 5. The molecule has 1 aromatic rings. The topological polar surface area (TPSA) is 61.9 Å². The Morgan fingerprint density at radius 1 is 1.25 bits per heavy atom. The number of carbonyl (C=O) groups excluding carboxylic acids is 2. The average molecular weight is 426 g/mol. The lowest BCUT2D eigenvalue weighted by atomic mass is 10.1. The SMILES string of the molecule is COCC(=O)N1C(C(=O)NCCN2CCCCC2)CSC1c1ccccc1Cl. The van der Waals surface area contributed by atoms with Gasteiger partial charge in [-0.05, 0) is 32.0 Å². The van der Waals surface area contributed by atoms with Crippen LogP contribution in [0, 0.1) is 0 Å². The van der Waals surface area contributed by atoms with Crippen LogP contribution in [0.2, 0.25) is 5.02 Å². The highest BCUT2D eigenvalue weighted by Gasteiger charge is 2.42. The van der Waals surface area contributed by atoms with Crippen molar-refractivity contribution in [2.75, 3.05) is 45.6 Å². The molecule has 154 valence electrons. The molecule has 8 heteroatoms. The van der Waals surface area contributed by atoms with E-state index in [4.69, 9.17) is 16.3 Å². The van der Waals surface area contributed by atoms with Crippen LogP contribution in [0.1, 0.15) is 30.2 Å². The van der Waals surface area contributed by atoms with E-state index in [1.807, 2.05) is 24.3 Å². The van der Waals surface area contributed by atoms with Gasteiger partial charge in [-0.25, -0.2) is 0 Å². The van der Waals surface area contributed by atoms with E-state index in [2.05, 4.69) is 10.2 Å². The van der Waals surface area contributed by atoms with Crippen molar-refractivity contribution in [3.05, 3.63) is 34.9 Å². The number of thioether (sulfide) groups is 1. The van der Waals surface area contributed by atoms with E-state index in [0.717, 1.165) is 25.2 Å². The van der Waals surface area contributed by atoms with Crippen LogP contribution in [0.3, 0.4) is 0 Å². The summed E-state index contributed by atoms with van der Waals surface area (Å²) >= 11 is 7.92. The number of ether oxygens (including phenoxy) is 1. The quantitative estimate of drug-likeness (QED) is 0.727. The Morgan fingerprint density at radius 2 is 2.00 bits per heavy atom. The number of amides is 2. The third kappa shape index (κ3) is 5.20. The van der Waals surface area contributed by atoms with Gasteiger partial charge in [0.25, 0.3) is 0 Å². The van der Waals surface area contributed by atoms with E-state index in [-0.39, 0.29) is 23.8 Å². The number of likely N-dealkylation sites (tertiary alicyclic amines) is 1. The molecule has 0 saturated carbocycles. The first-order chi connectivity index (χ1) is 13.6. The van der Waals surface area contributed by atoms with Crippen molar-refractivity contribution in [1.82, 2.24) is 15.1 Å². The normalized spacial score (nSPS) is 23.0. The van der Waals surface area contributed by atoms with E-state index >= 15 is 0 Å². The van der Waals surface area contributed by atoms with Gasteiger partial charge in [0, 0.05) is 36.5 Å². The molecule has 0 spiro atoms. The van der Waals surface area contributed by atoms with E-state index in [9.17, 15) is 9.59 Å².